The van der Waals surface area contributed by atoms with Crippen molar-refractivity contribution in [2.75, 3.05) is 31.0 Å². The predicted molar refractivity (Wildman–Crippen MR) is 56.8 cm³/mol. The van der Waals surface area contributed by atoms with Crippen molar-refractivity contribution in [3.05, 3.63) is 11.6 Å². The van der Waals surface area contributed by atoms with E-state index in [-0.39, 0.29) is 0 Å². The first kappa shape index (κ1) is 10.8. The minimum absolute atomic E-state index is 0.569. The van der Waals surface area contributed by atoms with Crippen LogP contribution < -0.4 is 5.32 Å². The van der Waals surface area contributed by atoms with Crippen LogP contribution in [-0.4, -0.2) is 30.6 Å². The molecule has 3 nitrogen and oxygen atoms in total. The van der Waals surface area contributed by atoms with Gasteiger partial charge in [0.05, 0.1) is 6.61 Å². The second-order valence-electron chi connectivity index (χ2n) is 2.42. The van der Waals surface area contributed by atoms with E-state index in [1.54, 1.807) is 17.5 Å². The molecule has 0 aliphatic rings. The number of ether oxygens (including phenoxy) is 1. The molecule has 0 aliphatic carbocycles. The van der Waals surface area contributed by atoms with Gasteiger partial charge in [-0.1, -0.05) is 0 Å². The van der Waals surface area contributed by atoms with Gasteiger partial charge in [-0.05, 0) is 6.42 Å². The molecule has 1 aromatic heterocycles. The fourth-order valence-corrected chi connectivity index (χ4v) is 1.50. The van der Waals surface area contributed by atoms with E-state index in [9.17, 15) is 0 Å². The zero-order valence-corrected chi connectivity index (χ0v) is 8.90. The molecule has 0 radical (unpaired) electrons. The number of aromatic nitrogens is 1. The maximum absolute atomic E-state index is 5.45. The third kappa shape index (κ3) is 5.08. The molecule has 1 aromatic rings. The number of rotatable bonds is 7. The summed E-state index contributed by atoms with van der Waals surface area (Å²) >= 11 is 7.05. The average Bonchev–Trinajstić information content (AvgIpc) is 2.63. The van der Waals surface area contributed by atoms with Gasteiger partial charge in [0.2, 0.25) is 0 Å². The van der Waals surface area contributed by atoms with Crippen molar-refractivity contribution in [2.45, 2.75) is 6.42 Å². The first-order chi connectivity index (χ1) is 6.43. The highest BCUT2D eigenvalue weighted by molar-refractivity contribution is 7.13. The van der Waals surface area contributed by atoms with Crippen LogP contribution in [-0.2, 0) is 4.74 Å². The number of halogens is 1. The fraction of sp³-hybridized carbons (Fsp3) is 0.625. The lowest BCUT2D eigenvalue weighted by Gasteiger charge is -2.02. The molecule has 13 heavy (non-hydrogen) atoms. The van der Waals surface area contributed by atoms with Crippen LogP contribution in [0.15, 0.2) is 11.6 Å². The molecule has 1 rings (SSSR count). The van der Waals surface area contributed by atoms with E-state index in [4.69, 9.17) is 16.3 Å². The fourth-order valence-electron chi connectivity index (χ4n) is 0.837. The molecular formula is C8H13ClN2OS. The predicted octanol–water partition coefficient (Wildman–Crippen LogP) is 2.20. The topological polar surface area (TPSA) is 34.1 Å². The number of hydrogen-bond donors (Lipinski definition) is 1. The summed E-state index contributed by atoms with van der Waals surface area (Å²) < 4.78 is 5.21. The van der Waals surface area contributed by atoms with E-state index < -0.39 is 0 Å². The maximum atomic E-state index is 5.45. The molecular weight excluding hydrogens is 208 g/mol. The highest BCUT2D eigenvalue weighted by atomic mass is 35.5. The molecule has 0 aliphatic heterocycles. The summed E-state index contributed by atoms with van der Waals surface area (Å²) in [6, 6.07) is 0. The minimum atomic E-state index is 0.569. The van der Waals surface area contributed by atoms with Gasteiger partial charge in [-0.25, -0.2) is 4.98 Å². The number of nitrogens with zero attached hydrogens (tertiary/aromatic N) is 1. The Kier molecular flexibility index (Phi) is 5.89. The molecule has 0 amide bonds. The van der Waals surface area contributed by atoms with Gasteiger partial charge >= 0.3 is 0 Å². The van der Waals surface area contributed by atoms with Crippen LogP contribution in [0.2, 0.25) is 0 Å². The molecule has 5 heteroatoms. The summed E-state index contributed by atoms with van der Waals surface area (Å²) in [5, 5.41) is 6.12. The maximum Gasteiger partial charge on any atom is 0.182 e. The van der Waals surface area contributed by atoms with Crippen molar-refractivity contribution in [3.8, 4) is 0 Å². The summed E-state index contributed by atoms with van der Waals surface area (Å²) in [6.07, 6.45) is 2.77. The van der Waals surface area contributed by atoms with E-state index in [0.29, 0.717) is 12.5 Å². The molecule has 0 saturated heterocycles. The monoisotopic (exact) mass is 220 g/mol. The Bertz CT molecular complexity index is 206. The lowest BCUT2D eigenvalue weighted by molar-refractivity contribution is 0.149. The van der Waals surface area contributed by atoms with Crippen molar-refractivity contribution >= 4 is 28.1 Å². The van der Waals surface area contributed by atoms with Crippen LogP contribution in [0, 0.1) is 0 Å². The van der Waals surface area contributed by atoms with E-state index >= 15 is 0 Å². The highest BCUT2D eigenvalue weighted by Crippen LogP contribution is 2.09. The lowest BCUT2D eigenvalue weighted by Crippen LogP contribution is -2.06. The number of anilines is 1. The average molecular weight is 221 g/mol. The van der Waals surface area contributed by atoms with Gasteiger partial charge in [0.15, 0.2) is 5.13 Å². The number of thiazole rings is 1. The lowest BCUT2D eigenvalue weighted by atomic mass is 10.4. The largest absolute Gasteiger partial charge is 0.380 e. The second-order valence-corrected chi connectivity index (χ2v) is 3.69. The first-order valence-corrected chi connectivity index (χ1v) is 5.62. The van der Waals surface area contributed by atoms with Crippen molar-refractivity contribution in [2.24, 2.45) is 0 Å². The third-order valence-electron chi connectivity index (χ3n) is 1.40. The van der Waals surface area contributed by atoms with E-state index in [1.165, 1.54) is 0 Å². The zero-order chi connectivity index (χ0) is 9.36. The van der Waals surface area contributed by atoms with Crippen LogP contribution in [0.3, 0.4) is 0 Å². The zero-order valence-electron chi connectivity index (χ0n) is 7.33. The first-order valence-electron chi connectivity index (χ1n) is 4.20. The van der Waals surface area contributed by atoms with Gasteiger partial charge in [-0.2, -0.15) is 0 Å². The smallest absolute Gasteiger partial charge is 0.182 e. The van der Waals surface area contributed by atoms with E-state index in [0.717, 1.165) is 24.7 Å². The number of nitrogens with one attached hydrogen (secondary N) is 1. The Morgan fingerprint density at radius 2 is 2.46 bits per heavy atom. The Hall–Kier alpha value is -0.320. The molecule has 1 N–H and O–H groups in total. The molecule has 0 bridgehead atoms. The van der Waals surface area contributed by atoms with Crippen LogP contribution in [0.25, 0.3) is 0 Å². The molecule has 0 saturated carbocycles. The van der Waals surface area contributed by atoms with Gasteiger partial charge in [-0.15, -0.1) is 22.9 Å². The quantitative estimate of drug-likeness (QED) is 0.565. The van der Waals surface area contributed by atoms with Crippen LogP contribution in [0.4, 0.5) is 5.13 Å². The van der Waals surface area contributed by atoms with Crippen LogP contribution in [0.1, 0.15) is 6.42 Å². The highest BCUT2D eigenvalue weighted by Gasteiger charge is 1.92. The van der Waals surface area contributed by atoms with Crippen LogP contribution in [0.5, 0.6) is 0 Å². The van der Waals surface area contributed by atoms with E-state index in [1.807, 2.05) is 5.38 Å². The SMILES string of the molecule is ClCCOCCCNc1nccs1. The molecule has 0 spiro atoms. The Labute approximate surface area is 87.1 Å². The molecule has 0 aromatic carbocycles. The van der Waals surface area contributed by atoms with Crippen molar-refractivity contribution in [3.63, 3.8) is 0 Å². The number of hydrogen-bond acceptors (Lipinski definition) is 4. The normalized spacial score (nSPS) is 10.2. The van der Waals surface area contributed by atoms with Gasteiger partial charge in [0.1, 0.15) is 0 Å². The third-order valence-corrected chi connectivity index (χ3v) is 2.28. The standard InChI is InChI=1S/C8H13ClN2OS/c9-2-6-12-5-1-3-10-8-11-4-7-13-8/h4,7H,1-3,5-6H2,(H,10,11). The molecule has 0 fully saturated rings. The summed E-state index contributed by atoms with van der Waals surface area (Å²) in [5.74, 6) is 0.569. The van der Waals surface area contributed by atoms with Crippen LogP contribution >= 0.6 is 22.9 Å². The Morgan fingerprint density at radius 1 is 1.54 bits per heavy atom. The molecule has 0 atom stereocenters. The molecule has 74 valence electrons. The summed E-state index contributed by atoms with van der Waals surface area (Å²) in [5.41, 5.74) is 0. The van der Waals surface area contributed by atoms with Gasteiger partial charge in [0, 0.05) is 30.6 Å². The summed E-state index contributed by atoms with van der Waals surface area (Å²) in [7, 11) is 0. The Morgan fingerprint density at radius 3 is 3.15 bits per heavy atom. The minimum Gasteiger partial charge on any atom is -0.380 e. The molecule has 1 heterocycles. The van der Waals surface area contributed by atoms with Crippen molar-refractivity contribution in [1.29, 1.82) is 0 Å². The van der Waals surface area contributed by atoms with Gasteiger partial charge in [0.25, 0.3) is 0 Å². The van der Waals surface area contributed by atoms with E-state index in [2.05, 4.69) is 10.3 Å². The number of alkyl halides is 1. The Balaban J connectivity index is 1.90. The summed E-state index contributed by atoms with van der Waals surface area (Å²) in [4.78, 5) is 4.10. The van der Waals surface area contributed by atoms with Gasteiger partial charge < -0.3 is 10.1 Å². The molecule has 0 unspecified atom stereocenters. The van der Waals surface area contributed by atoms with Crippen molar-refractivity contribution < 1.29 is 4.74 Å². The van der Waals surface area contributed by atoms with Gasteiger partial charge in [-0.3, -0.25) is 0 Å². The second kappa shape index (κ2) is 7.12. The van der Waals surface area contributed by atoms with Crippen molar-refractivity contribution in [1.82, 2.24) is 4.98 Å². The summed E-state index contributed by atoms with van der Waals surface area (Å²) in [6.45, 7) is 2.29.